The van der Waals surface area contributed by atoms with Crippen molar-refractivity contribution in [3.05, 3.63) is 35.9 Å². The van der Waals surface area contributed by atoms with E-state index >= 15 is 0 Å². The van der Waals surface area contributed by atoms with Crippen molar-refractivity contribution in [3.63, 3.8) is 0 Å². The van der Waals surface area contributed by atoms with Crippen LogP contribution in [0.25, 0.3) is 10.8 Å². The first-order chi connectivity index (χ1) is 19.8. The van der Waals surface area contributed by atoms with Crippen molar-refractivity contribution in [2.45, 2.75) is 155 Å². The van der Waals surface area contributed by atoms with Gasteiger partial charge < -0.3 is 14.0 Å². The Morgan fingerprint density at radius 3 is 1.34 bits per heavy atom. The maximum atomic E-state index is 12.9. The molecule has 2 aromatic carbocycles. The van der Waals surface area contributed by atoms with Crippen molar-refractivity contribution in [2.75, 3.05) is 0 Å². The Hall–Kier alpha value is -1.80. The Labute approximate surface area is 253 Å². The van der Waals surface area contributed by atoms with Gasteiger partial charge >= 0.3 is 5.97 Å². The molecule has 0 aliphatic carbocycles. The van der Waals surface area contributed by atoms with Crippen LogP contribution >= 0.6 is 0 Å². The maximum absolute atomic E-state index is 12.9. The van der Waals surface area contributed by atoms with Gasteiger partial charge in [-0.25, -0.2) is 4.79 Å². The lowest BCUT2D eigenvalue weighted by Gasteiger charge is -2.35. The fraction of sp³-hybridized carbons (Fsp3) is 0.686. The van der Waals surface area contributed by atoms with Crippen molar-refractivity contribution in [2.24, 2.45) is 0 Å². The van der Waals surface area contributed by atoms with E-state index in [1.54, 1.807) is 0 Å². The zero-order valence-corrected chi connectivity index (χ0v) is 29.3. The van der Waals surface area contributed by atoms with Gasteiger partial charge in [0.15, 0.2) is 0 Å². The number of carbonyl (C=O) groups is 1. The largest absolute Gasteiger partial charge is 0.543 e. The second-order valence-electron chi connectivity index (χ2n) is 12.3. The number of rotatable bonds is 23. The van der Waals surface area contributed by atoms with E-state index in [-0.39, 0.29) is 5.56 Å². The minimum Gasteiger partial charge on any atom is -0.543 e. The molecule has 0 saturated carbocycles. The first-order valence-electron chi connectivity index (χ1n) is 17.0. The number of unbranched alkanes of at least 4 members (excludes halogenated alkanes) is 6. The fourth-order valence-corrected chi connectivity index (χ4v) is 15.6. The fourth-order valence-electron chi connectivity index (χ4n) is 6.17. The molecule has 0 amide bonds. The van der Waals surface area contributed by atoms with E-state index in [1.165, 1.54) is 19.3 Å². The smallest absolute Gasteiger partial charge is 0.339 e. The van der Waals surface area contributed by atoms with E-state index in [0.29, 0.717) is 5.75 Å². The van der Waals surface area contributed by atoms with Crippen molar-refractivity contribution in [3.8, 4) is 11.5 Å². The molecule has 2 aromatic rings. The molecular weight excluding hydrogens is 541 g/mol. The molecule has 41 heavy (non-hydrogen) atoms. The van der Waals surface area contributed by atoms with Crippen molar-refractivity contribution in [1.82, 2.24) is 0 Å². The Bertz CT molecular complexity index is 995. The quantitative estimate of drug-likeness (QED) is 0.129. The van der Waals surface area contributed by atoms with Crippen LogP contribution in [0.3, 0.4) is 0 Å². The lowest BCUT2D eigenvalue weighted by molar-refractivity contribution is 0.0694. The van der Waals surface area contributed by atoms with Gasteiger partial charge in [0.25, 0.3) is 16.6 Å². The maximum Gasteiger partial charge on any atom is 0.339 e. The molecule has 0 atom stereocenters. The van der Waals surface area contributed by atoms with Gasteiger partial charge in [-0.2, -0.15) is 0 Å². The minimum absolute atomic E-state index is 0.282. The summed E-state index contributed by atoms with van der Waals surface area (Å²) in [6.45, 7) is 13.5. The van der Waals surface area contributed by atoms with Gasteiger partial charge in [0.1, 0.15) is 17.1 Å². The molecule has 232 valence electrons. The van der Waals surface area contributed by atoms with Crippen molar-refractivity contribution < 1.29 is 18.8 Å². The normalized spacial score (nSPS) is 12.1. The number of fused-ring (bicyclic) bond motifs is 1. The molecule has 0 spiro atoms. The van der Waals surface area contributed by atoms with Crippen LogP contribution in [0.5, 0.6) is 11.5 Å². The lowest BCUT2D eigenvalue weighted by Crippen LogP contribution is -2.42. The highest BCUT2D eigenvalue weighted by molar-refractivity contribution is 6.75. The third kappa shape index (κ3) is 10.5. The Kier molecular flexibility index (Phi) is 16.1. The second kappa shape index (κ2) is 18.7. The van der Waals surface area contributed by atoms with Gasteiger partial charge in [-0.15, -0.1) is 0 Å². The topological polar surface area (TPSA) is 55.8 Å². The van der Waals surface area contributed by atoms with Gasteiger partial charge in [0, 0.05) is 10.8 Å². The zero-order valence-electron chi connectivity index (χ0n) is 27.3. The summed E-state index contributed by atoms with van der Waals surface area (Å²) in [7, 11) is -4.32. The molecule has 4 nitrogen and oxygen atoms in total. The third-order valence-corrected chi connectivity index (χ3v) is 17.6. The highest BCUT2D eigenvalue weighted by Gasteiger charge is 2.39. The predicted molar refractivity (Wildman–Crippen MR) is 182 cm³/mol. The Morgan fingerprint density at radius 1 is 0.610 bits per heavy atom. The molecule has 0 bridgehead atoms. The number of hydrogen-bond acceptors (Lipinski definition) is 3. The average molecular weight is 601 g/mol. The standard InChI is InChI=1S/C35H60O4Si2/c1-7-13-23-40(24-14-8-2,25-15-9-3)38-33-29-32(35(36)37)34(31-22-20-19-21-30(31)33)39-41(26-16-10-4,27-17-11-5)28-18-12-6/h19-22,29H,7-18,23-28H2,1-6H3,(H,36,37). The molecule has 0 radical (unpaired) electrons. The summed E-state index contributed by atoms with van der Waals surface area (Å²) in [6.07, 6.45) is 13.8. The number of benzene rings is 2. The second-order valence-corrected chi connectivity index (χ2v) is 20.4. The molecule has 0 fully saturated rings. The summed E-state index contributed by atoms with van der Waals surface area (Å²) < 4.78 is 14.4. The SMILES string of the molecule is CCCC[Si](CCCC)(CCCC)Oc1cc(C(=O)O)c(O[Si](CCCC)(CCCC)CCCC)c2ccccc12. The van der Waals surface area contributed by atoms with E-state index in [2.05, 4.69) is 59.7 Å². The number of hydrogen-bond donors (Lipinski definition) is 1. The van der Waals surface area contributed by atoms with Crippen LogP contribution in [-0.2, 0) is 0 Å². The summed E-state index contributed by atoms with van der Waals surface area (Å²) in [5.41, 5.74) is 0.282. The summed E-state index contributed by atoms with van der Waals surface area (Å²) >= 11 is 0. The van der Waals surface area contributed by atoms with E-state index in [4.69, 9.17) is 8.85 Å². The van der Waals surface area contributed by atoms with Crippen LogP contribution in [0.4, 0.5) is 0 Å². The highest BCUT2D eigenvalue weighted by Crippen LogP contribution is 2.43. The van der Waals surface area contributed by atoms with Gasteiger partial charge in [0.2, 0.25) is 0 Å². The first kappa shape index (κ1) is 35.4. The van der Waals surface area contributed by atoms with Crippen molar-refractivity contribution in [1.29, 1.82) is 0 Å². The molecule has 0 saturated heterocycles. The Morgan fingerprint density at radius 2 is 0.976 bits per heavy atom. The third-order valence-electron chi connectivity index (χ3n) is 8.75. The molecule has 0 aromatic heterocycles. The Balaban J connectivity index is 2.73. The van der Waals surface area contributed by atoms with Crippen LogP contribution in [0.2, 0.25) is 36.3 Å². The summed E-state index contributed by atoms with van der Waals surface area (Å²) in [5.74, 6) is 0.449. The van der Waals surface area contributed by atoms with Crippen molar-refractivity contribution >= 4 is 33.4 Å². The molecule has 0 unspecified atom stereocenters. The first-order valence-corrected chi connectivity index (χ1v) is 22.1. The monoisotopic (exact) mass is 600 g/mol. The number of carboxylic acids is 1. The number of aromatic carboxylic acids is 1. The van der Waals surface area contributed by atoms with Crippen LogP contribution in [0.1, 0.15) is 129 Å². The van der Waals surface area contributed by atoms with Crippen LogP contribution in [0, 0.1) is 0 Å². The molecule has 1 N–H and O–H groups in total. The van der Waals surface area contributed by atoms with Gasteiger partial charge in [-0.05, 0) is 42.3 Å². The minimum atomic E-state index is -2.21. The van der Waals surface area contributed by atoms with Gasteiger partial charge in [-0.1, -0.05) is 143 Å². The van der Waals surface area contributed by atoms with Crippen LogP contribution in [-0.4, -0.2) is 27.7 Å². The molecule has 0 aliphatic rings. The van der Waals surface area contributed by atoms with Crippen LogP contribution < -0.4 is 8.85 Å². The molecule has 0 aliphatic heterocycles. The van der Waals surface area contributed by atoms with Gasteiger partial charge in [-0.3, -0.25) is 0 Å². The predicted octanol–water partition coefficient (Wildman–Crippen LogP) is 12.0. The summed E-state index contributed by atoms with van der Waals surface area (Å²) in [5, 5.41) is 12.5. The summed E-state index contributed by atoms with van der Waals surface area (Å²) in [6, 6.07) is 16.8. The summed E-state index contributed by atoms with van der Waals surface area (Å²) in [4.78, 5) is 12.9. The van der Waals surface area contributed by atoms with E-state index in [0.717, 1.165) is 111 Å². The average Bonchev–Trinajstić information content (AvgIpc) is 2.99. The molecular formula is C35H60O4Si2. The lowest BCUT2D eigenvalue weighted by atomic mass is 10.0. The van der Waals surface area contributed by atoms with Gasteiger partial charge in [0.05, 0.1) is 0 Å². The zero-order chi connectivity index (χ0) is 30.1. The number of carboxylic acid groups (broad SMARTS) is 1. The molecule has 6 heteroatoms. The molecule has 0 heterocycles. The van der Waals surface area contributed by atoms with E-state index < -0.39 is 22.6 Å². The van der Waals surface area contributed by atoms with Crippen LogP contribution in [0.15, 0.2) is 30.3 Å². The van der Waals surface area contributed by atoms with E-state index in [1.807, 2.05) is 12.1 Å². The molecule has 2 rings (SSSR count). The van der Waals surface area contributed by atoms with E-state index in [9.17, 15) is 9.90 Å². The highest BCUT2D eigenvalue weighted by atomic mass is 28.4.